The highest BCUT2D eigenvalue weighted by atomic mass is 19.4. The van der Waals surface area contributed by atoms with Gasteiger partial charge in [-0.15, -0.1) is 0 Å². The molecule has 0 unspecified atom stereocenters. The predicted molar refractivity (Wildman–Crippen MR) is 74.9 cm³/mol. The fourth-order valence-corrected chi connectivity index (χ4v) is 1.70. The highest BCUT2D eigenvalue weighted by Crippen LogP contribution is 2.21. The molecule has 0 N–H and O–H groups in total. The Labute approximate surface area is 115 Å². The van der Waals surface area contributed by atoms with Crippen LogP contribution in [0.5, 0.6) is 0 Å². The molecule has 0 aliphatic carbocycles. The Morgan fingerprint density at radius 2 is 1.35 bits per heavy atom. The summed E-state index contributed by atoms with van der Waals surface area (Å²) in [6.07, 6.45) is -2.71. The van der Waals surface area contributed by atoms with Crippen LogP contribution in [0, 0.1) is 11.8 Å². The molecule has 0 heterocycles. The van der Waals surface area contributed by atoms with Crippen LogP contribution in [0.15, 0.2) is 55.1 Å². The highest BCUT2D eigenvalue weighted by molar-refractivity contribution is 5.66. The molecule has 0 saturated carbocycles. The molecule has 0 atom stereocenters. The summed E-state index contributed by atoms with van der Waals surface area (Å²) in [5, 5.41) is 0. The SMILES string of the molecule is C=Cc1ccc(-c2ccc(C#CC(F)(F)F)cc2)cc1. The number of alkyl halides is 3. The zero-order valence-corrected chi connectivity index (χ0v) is 10.5. The Morgan fingerprint density at radius 3 is 1.80 bits per heavy atom. The van der Waals surface area contributed by atoms with Gasteiger partial charge >= 0.3 is 6.18 Å². The lowest BCUT2D eigenvalue weighted by Crippen LogP contribution is -2.01. The molecule has 2 rings (SSSR count). The van der Waals surface area contributed by atoms with E-state index in [-0.39, 0.29) is 0 Å². The van der Waals surface area contributed by atoms with Gasteiger partial charge in [0, 0.05) is 11.5 Å². The van der Waals surface area contributed by atoms with Crippen LogP contribution in [0.4, 0.5) is 13.2 Å². The molecule has 0 radical (unpaired) electrons. The lowest BCUT2D eigenvalue weighted by atomic mass is 10.0. The van der Waals surface area contributed by atoms with E-state index in [4.69, 9.17) is 0 Å². The number of halogens is 3. The van der Waals surface area contributed by atoms with Crippen LogP contribution in [0.1, 0.15) is 11.1 Å². The largest absolute Gasteiger partial charge is 0.458 e. The van der Waals surface area contributed by atoms with E-state index >= 15 is 0 Å². The molecular weight excluding hydrogens is 261 g/mol. The van der Waals surface area contributed by atoms with Crippen molar-refractivity contribution < 1.29 is 13.2 Å². The molecule has 0 spiro atoms. The average Bonchev–Trinajstić information content (AvgIpc) is 2.45. The molecule has 2 aromatic rings. The summed E-state index contributed by atoms with van der Waals surface area (Å²) in [5.74, 6) is 3.34. The molecule has 0 bridgehead atoms. The van der Waals surface area contributed by atoms with E-state index in [1.165, 1.54) is 5.92 Å². The molecule has 0 saturated heterocycles. The monoisotopic (exact) mass is 272 g/mol. The number of hydrogen-bond donors (Lipinski definition) is 0. The molecular formula is C17H11F3. The maximum absolute atomic E-state index is 12.0. The molecule has 0 amide bonds. The normalized spacial score (nSPS) is 10.6. The van der Waals surface area contributed by atoms with Crippen LogP contribution < -0.4 is 0 Å². The predicted octanol–water partition coefficient (Wildman–Crippen LogP) is 4.91. The summed E-state index contributed by atoms with van der Waals surface area (Å²) in [5.41, 5.74) is 3.28. The van der Waals surface area contributed by atoms with Crippen LogP contribution in [-0.4, -0.2) is 6.18 Å². The van der Waals surface area contributed by atoms with Gasteiger partial charge in [-0.25, -0.2) is 0 Å². The molecule has 0 fully saturated rings. The van der Waals surface area contributed by atoms with Crippen LogP contribution >= 0.6 is 0 Å². The standard InChI is InChI=1S/C17H11F3/c1-2-13-3-7-15(8-4-13)16-9-5-14(6-10-16)11-12-17(18,19)20/h2-10H,1H2. The zero-order valence-electron chi connectivity index (χ0n) is 10.5. The molecule has 20 heavy (non-hydrogen) atoms. The third-order valence-electron chi connectivity index (χ3n) is 2.71. The minimum atomic E-state index is -4.46. The second-order valence-corrected chi connectivity index (χ2v) is 4.15. The summed E-state index contributed by atoms with van der Waals surface area (Å²) in [6.45, 7) is 3.68. The Hall–Kier alpha value is -2.47. The van der Waals surface area contributed by atoms with Gasteiger partial charge < -0.3 is 0 Å². The van der Waals surface area contributed by atoms with Gasteiger partial charge in [0.15, 0.2) is 0 Å². The minimum Gasteiger partial charge on any atom is -0.159 e. The van der Waals surface area contributed by atoms with E-state index in [1.54, 1.807) is 30.3 Å². The Bertz CT molecular complexity index is 651. The summed E-state index contributed by atoms with van der Waals surface area (Å²) in [4.78, 5) is 0. The first-order valence-corrected chi connectivity index (χ1v) is 5.91. The quantitative estimate of drug-likeness (QED) is 0.681. The second-order valence-electron chi connectivity index (χ2n) is 4.15. The Kier molecular flexibility index (Phi) is 3.95. The smallest absolute Gasteiger partial charge is 0.159 e. The average molecular weight is 272 g/mol. The maximum atomic E-state index is 12.0. The van der Waals surface area contributed by atoms with Gasteiger partial charge in [0.1, 0.15) is 0 Å². The van der Waals surface area contributed by atoms with Crippen LogP contribution in [0.25, 0.3) is 17.2 Å². The van der Waals surface area contributed by atoms with Gasteiger partial charge in [-0.3, -0.25) is 0 Å². The van der Waals surface area contributed by atoms with Crippen molar-refractivity contribution in [3.8, 4) is 23.0 Å². The first-order chi connectivity index (χ1) is 9.48. The zero-order chi connectivity index (χ0) is 14.6. The van der Waals surface area contributed by atoms with Crippen LogP contribution in [-0.2, 0) is 0 Å². The van der Waals surface area contributed by atoms with Crippen molar-refractivity contribution in [1.82, 2.24) is 0 Å². The van der Waals surface area contributed by atoms with Crippen LogP contribution in [0.2, 0.25) is 0 Å². The van der Waals surface area contributed by atoms with Crippen molar-refractivity contribution in [2.75, 3.05) is 0 Å². The van der Waals surface area contributed by atoms with Crippen molar-refractivity contribution in [3.05, 3.63) is 66.2 Å². The molecule has 0 aliphatic rings. The highest BCUT2D eigenvalue weighted by Gasteiger charge is 2.22. The van der Waals surface area contributed by atoms with E-state index in [9.17, 15) is 13.2 Å². The Balaban J connectivity index is 2.22. The van der Waals surface area contributed by atoms with Crippen molar-refractivity contribution in [3.63, 3.8) is 0 Å². The van der Waals surface area contributed by atoms with E-state index in [1.807, 2.05) is 24.3 Å². The van der Waals surface area contributed by atoms with Crippen molar-refractivity contribution in [1.29, 1.82) is 0 Å². The molecule has 3 heteroatoms. The van der Waals surface area contributed by atoms with Gasteiger partial charge in [0.2, 0.25) is 0 Å². The third-order valence-corrected chi connectivity index (χ3v) is 2.71. The van der Waals surface area contributed by atoms with Gasteiger partial charge in [0.05, 0.1) is 0 Å². The number of rotatable bonds is 2. The number of benzene rings is 2. The minimum absolute atomic E-state index is 0.341. The first-order valence-electron chi connectivity index (χ1n) is 5.91. The first kappa shape index (κ1) is 14.0. The molecule has 0 nitrogen and oxygen atoms in total. The summed E-state index contributed by atoms with van der Waals surface area (Å²) < 4.78 is 35.9. The van der Waals surface area contributed by atoms with E-state index in [0.29, 0.717) is 5.56 Å². The van der Waals surface area contributed by atoms with Crippen molar-refractivity contribution >= 4 is 6.08 Å². The fourth-order valence-electron chi connectivity index (χ4n) is 1.70. The maximum Gasteiger partial charge on any atom is 0.458 e. The molecule has 0 aromatic heterocycles. The molecule has 2 aromatic carbocycles. The van der Waals surface area contributed by atoms with Gasteiger partial charge in [0.25, 0.3) is 0 Å². The van der Waals surface area contributed by atoms with Crippen LogP contribution in [0.3, 0.4) is 0 Å². The summed E-state index contributed by atoms with van der Waals surface area (Å²) in [7, 11) is 0. The second kappa shape index (κ2) is 5.66. The Morgan fingerprint density at radius 1 is 0.850 bits per heavy atom. The van der Waals surface area contributed by atoms with Gasteiger partial charge in [-0.05, 0) is 28.8 Å². The van der Waals surface area contributed by atoms with E-state index in [2.05, 4.69) is 12.5 Å². The third kappa shape index (κ3) is 3.76. The lowest BCUT2D eigenvalue weighted by Gasteiger charge is -2.02. The summed E-state index contributed by atoms with van der Waals surface area (Å²) in [6, 6.07) is 14.4. The summed E-state index contributed by atoms with van der Waals surface area (Å²) >= 11 is 0. The van der Waals surface area contributed by atoms with Gasteiger partial charge in [-0.2, -0.15) is 13.2 Å². The van der Waals surface area contributed by atoms with Gasteiger partial charge in [-0.1, -0.05) is 55.0 Å². The molecule has 100 valence electrons. The van der Waals surface area contributed by atoms with Crippen molar-refractivity contribution in [2.24, 2.45) is 0 Å². The van der Waals surface area contributed by atoms with Crippen molar-refractivity contribution in [2.45, 2.75) is 6.18 Å². The topological polar surface area (TPSA) is 0 Å². The van der Waals surface area contributed by atoms with E-state index in [0.717, 1.165) is 16.7 Å². The number of hydrogen-bond acceptors (Lipinski definition) is 0. The molecule has 0 aliphatic heterocycles. The fraction of sp³-hybridized carbons (Fsp3) is 0.0588. The lowest BCUT2D eigenvalue weighted by molar-refractivity contribution is -0.0696. The van der Waals surface area contributed by atoms with E-state index < -0.39 is 6.18 Å².